The molecule has 0 spiro atoms. The number of nitrogens with zero attached hydrogens (tertiary/aromatic N) is 10. The van der Waals surface area contributed by atoms with E-state index in [4.69, 9.17) is 82.3 Å². The highest BCUT2D eigenvalue weighted by Gasteiger charge is 2.44. The van der Waals surface area contributed by atoms with Gasteiger partial charge in [0.25, 0.3) is 23.6 Å². The molecule has 16 N–H and O–H groups in total. The number of nitrogens with one attached hydrogen (secondary N) is 4. The fraction of sp³-hybridized carbons (Fsp3) is 0.449. The molecule has 18 heterocycles. The van der Waals surface area contributed by atoms with Gasteiger partial charge in [-0.25, -0.2) is 19.9 Å². The zero-order chi connectivity index (χ0) is 94.6. The number of thiophene rings is 4. The number of nitrogens with two attached hydrogens (primary N) is 6. The van der Waals surface area contributed by atoms with E-state index in [0.717, 1.165) is 184 Å². The lowest BCUT2D eigenvalue weighted by Crippen LogP contribution is -2.43. The summed E-state index contributed by atoms with van der Waals surface area (Å²) in [5.74, 6) is 4.83. The van der Waals surface area contributed by atoms with E-state index in [-0.39, 0.29) is 83.3 Å². The van der Waals surface area contributed by atoms with Crippen LogP contribution in [0.15, 0.2) is 97.1 Å². The minimum atomic E-state index is -0.195. The van der Waals surface area contributed by atoms with Crippen LogP contribution < -0.4 is 94.2 Å². The number of aryl methyl sites for hydroxylation is 6. The molecule has 0 unspecified atom stereocenters. The molecule has 0 aliphatic carbocycles. The third-order valence-corrected chi connectivity index (χ3v) is 31.4. The molecule has 0 radical (unpaired) electrons. The number of ether oxygens (including phenoxy) is 8. The summed E-state index contributed by atoms with van der Waals surface area (Å²) in [6.07, 6.45) is 2.80. The third-order valence-electron chi connectivity index (χ3n) is 27.0. The molecule has 0 saturated carbocycles. The molecule has 8 aliphatic rings. The SMILES string of the molecule is CCO[C@@H]1CN(c2ccc3c(c2)OC[C@H](NC(=O)c2sc4nc(C)cc(C)c4c2N)C3)C[C@@H]1N.CCO[C@H]1CN(c2ccc3c(c2)OC[C@H](NC(=O)c2sc4nc(C)cc(C)c4c2N)C3)C[C@H]1N.CO[C@@]1(C)CN(c2ccc3c(n2)OC[C@H](NC(=O)c2sc4nc(C)ccc4c2N)C3)C[C@@H]1C.CO[C@]1(C)CN(c2ccc3c(n2)OC[C@H](NC(=O)c2sc4nc(C)ccc4c2N)C3)C[C@H]1C. The first-order valence-corrected chi connectivity index (χ1v) is 49.0. The van der Waals surface area contributed by atoms with Crippen LogP contribution >= 0.6 is 45.3 Å². The zero-order valence-corrected chi connectivity index (χ0v) is 81.5. The first kappa shape index (κ1) is 94.2. The lowest BCUT2D eigenvalue weighted by molar-refractivity contribution is -0.00637. The van der Waals surface area contributed by atoms with Gasteiger partial charge in [0, 0.05) is 183 Å². The van der Waals surface area contributed by atoms with Gasteiger partial charge < -0.3 is 113 Å². The average Bonchev–Trinajstić information content (AvgIpc) is 1.63. The summed E-state index contributed by atoms with van der Waals surface area (Å²) < 4.78 is 47.0. The fourth-order valence-electron chi connectivity index (χ4n) is 19.0. The maximum absolute atomic E-state index is 13.1. The van der Waals surface area contributed by atoms with Gasteiger partial charge in [-0.05, 0) is 177 Å². The summed E-state index contributed by atoms with van der Waals surface area (Å²) >= 11 is 5.32. The summed E-state index contributed by atoms with van der Waals surface area (Å²) in [6, 6.07) is 31.7. The second kappa shape index (κ2) is 39.0. The zero-order valence-electron chi connectivity index (χ0n) is 78.2. The van der Waals surface area contributed by atoms with Gasteiger partial charge in [0.2, 0.25) is 11.8 Å². The summed E-state index contributed by atoms with van der Waals surface area (Å²) in [4.78, 5) is 93.7. The van der Waals surface area contributed by atoms with E-state index in [0.29, 0.717) is 131 Å². The molecule has 12 aromatic rings. The molecule has 708 valence electrons. The van der Waals surface area contributed by atoms with Crippen LogP contribution in [0.25, 0.3) is 40.9 Å². The largest absolute Gasteiger partial charge is 0.491 e. The topological polar surface area (TPSA) is 437 Å². The molecule has 10 aromatic heterocycles. The number of rotatable bonds is 18. The van der Waals surface area contributed by atoms with Gasteiger partial charge in [-0.2, -0.15) is 9.97 Å². The highest BCUT2D eigenvalue weighted by molar-refractivity contribution is 7.22. The van der Waals surface area contributed by atoms with Gasteiger partial charge in [0.1, 0.15) is 88.4 Å². The number of fused-ring (bicyclic) bond motifs is 8. The molecule has 134 heavy (non-hydrogen) atoms. The van der Waals surface area contributed by atoms with Gasteiger partial charge >= 0.3 is 0 Å². The lowest BCUT2D eigenvalue weighted by atomic mass is 9.95. The number of hydrogen-bond acceptors (Lipinski definition) is 32. The lowest BCUT2D eigenvalue weighted by Gasteiger charge is -2.28. The Labute approximate surface area is 795 Å². The standard InChI is InChI=1S/2C25H31N5O3S.2C24H29N5O3S/c2*1-4-32-20-11-30(10-18(20)26)17-6-5-15-8-16(12-33-19(15)9-17)29-24(31)23-22(27)21-13(2)7-14(3)28-25(21)34-23;2*1-13-10-29(12-24(13,3)31-4)18-8-6-15-9-16(11-32-22(15)28-18)27-21(30)20-19(25)17-7-5-14(2)26-23(17)33-20/h2*5-7,9,16,18,20H,4,8,10-12,26-27H2,1-3H3,(H,29,31);2*5-8,13,16H,9-12,25H2,1-4H3,(H,27,30)/t16-,18+,20-;16-,18-,20+;13-,16+,24-;13-,16-,24-/m1101/s1. The average molecular weight is 1900 g/mol. The quantitative estimate of drug-likeness (QED) is 0.0381. The molecule has 20 rings (SSSR count). The fourth-order valence-corrected chi connectivity index (χ4v) is 23.4. The Morgan fingerprint density at radius 1 is 0.418 bits per heavy atom. The number of carbonyl (C=O) groups is 4. The molecule has 2 aromatic carbocycles. The van der Waals surface area contributed by atoms with E-state index < -0.39 is 0 Å². The van der Waals surface area contributed by atoms with Crippen molar-refractivity contribution in [3.8, 4) is 23.3 Å². The van der Waals surface area contributed by atoms with Crippen molar-refractivity contribution in [2.45, 2.75) is 168 Å². The molecule has 4 amide bonds. The smallest absolute Gasteiger partial charge is 0.263 e. The van der Waals surface area contributed by atoms with Crippen molar-refractivity contribution in [3.63, 3.8) is 0 Å². The maximum Gasteiger partial charge on any atom is 0.263 e. The van der Waals surface area contributed by atoms with Gasteiger partial charge in [-0.1, -0.05) is 26.0 Å². The molecule has 32 nitrogen and oxygen atoms in total. The first-order valence-electron chi connectivity index (χ1n) is 45.7. The van der Waals surface area contributed by atoms with Crippen LogP contribution in [0.1, 0.15) is 136 Å². The number of hydrogen-bond donors (Lipinski definition) is 10. The van der Waals surface area contributed by atoms with E-state index in [1.54, 1.807) is 14.2 Å². The molecular weight excluding hydrogens is 1780 g/mol. The van der Waals surface area contributed by atoms with Crippen LogP contribution in [-0.4, -0.2) is 219 Å². The predicted molar refractivity (Wildman–Crippen MR) is 533 cm³/mol. The van der Waals surface area contributed by atoms with Crippen LogP contribution in [0.3, 0.4) is 0 Å². The first-order chi connectivity index (χ1) is 64.2. The molecular formula is C98H120N20O12S4. The molecule has 0 bridgehead atoms. The molecule has 4 fully saturated rings. The van der Waals surface area contributed by atoms with Crippen LogP contribution in [0, 0.1) is 53.4 Å². The van der Waals surface area contributed by atoms with Crippen molar-refractivity contribution in [3.05, 3.63) is 173 Å². The van der Waals surface area contributed by atoms with Crippen LogP contribution in [-0.2, 0) is 44.6 Å². The van der Waals surface area contributed by atoms with Crippen molar-refractivity contribution in [2.75, 3.05) is 149 Å². The number of aromatic nitrogens is 6. The van der Waals surface area contributed by atoms with Gasteiger partial charge in [-0.15, -0.1) is 45.3 Å². The summed E-state index contributed by atoms with van der Waals surface area (Å²) in [5, 5.41) is 15.7. The van der Waals surface area contributed by atoms with Gasteiger partial charge in [-0.3, -0.25) is 19.2 Å². The Kier molecular flexibility index (Phi) is 27.4. The highest BCUT2D eigenvalue weighted by atomic mass is 32.1. The molecule has 8 aliphatic heterocycles. The van der Waals surface area contributed by atoms with E-state index in [1.807, 2.05) is 116 Å². The monoisotopic (exact) mass is 1900 g/mol. The minimum absolute atomic E-state index is 0.000678. The van der Waals surface area contributed by atoms with Crippen LogP contribution in [0.2, 0.25) is 0 Å². The second-order valence-corrected chi connectivity index (χ2v) is 40.8. The maximum atomic E-state index is 13.1. The highest BCUT2D eigenvalue weighted by Crippen LogP contribution is 2.43. The minimum Gasteiger partial charge on any atom is -0.491 e. The van der Waals surface area contributed by atoms with Crippen LogP contribution in [0.5, 0.6) is 23.3 Å². The number of carbonyl (C=O) groups excluding carboxylic acids is 4. The number of pyridine rings is 6. The van der Waals surface area contributed by atoms with Crippen molar-refractivity contribution in [2.24, 2.45) is 23.3 Å². The Balaban J connectivity index is 0.000000124. The van der Waals surface area contributed by atoms with Crippen molar-refractivity contribution >= 4 is 156 Å². The number of amides is 4. The van der Waals surface area contributed by atoms with Gasteiger partial charge in [0.15, 0.2) is 0 Å². The van der Waals surface area contributed by atoms with Crippen molar-refractivity contribution < 1.29 is 57.1 Å². The molecule has 12 atom stereocenters. The number of anilines is 8. The summed E-state index contributed by atoms with van der Waals surface area (Å²) in [6.45, 7) is 33.7. The molecule has 4 saturated heterocycles. The number of methoxy groups -OCH3 is 2. The Morgan fingerprint density at radius 3 is 1.13 bits per heavy atom. The molecule has 36 heteroatoms. The normalized spacial score (nSPS) is 23.3. The summed E-state index contributed by atoms with van der Waals surface area (Å²) in [7, 11) is 3.53. The Bertz CT molecular complexity index is 6090. The second-order valence-electron chi connectivity index (χ2n) is 36.8. The number of benzene rings is 2. The Morgan fingerprint density at radius 2 is 0.761 bits per heavy atom. The number of nitrogen functional groups attached to an aromatic ring is 4. The van der Waals surface area contributed by atoms with Crippen LogP contribution in [0.4, 0.5) is 45.8 Å². The Hall–Kier alpha value is -11.6. The third kappa shape index (κ3) is 19.5. The van der Waals surface area contributed by atoms with E-state index in [1.165, 1.54) is 45.3 Å². The van der Waals surface area contributed by atoms with E-state index in [9.17, 15) is 19.2 Å². The van der Waals surface area contributed by atoms with E-state index in [2.05, 4.69) is 125 Å². The van der Waals surface area contributed by atoms with Crippen molar-refractivity contribution in [1.82, 2.24) is 51.2 Å². The van der Waals surface area contributed by atoms with Gasteiger partial charge in [0.05, 0.1) is 82.4 Å². The van der Waals surface area contributed by atoms with E-state index >= 15 is 0 Å². The summed E-state index contributed by atoms with van der Waals surface area (Å²) in [5.41, 5.74) is 51.2. The van der Waals surface area contributed by atoms with Crippen molar-refractivity contribution in [1.29, 1.82) is 0 Å². The predicted octanol–water partition coefficient (Wildman–Crippen LogP) is 11.9.